The molecule has 0 saturated carbocycles. The van der Waals surface area contributed by atoms with Gasteiger partial charge in [-0.25, -0.2) is 0 Å². The van der Waals surface area contributed by atoms with Crippen molar-refractivity contribution in [1.29, 1.82) is 0 Å². The summed E-state index contributed by atoms with van der Waals surface area (Å²) < 4.78 is 5.78. The van der Waals surface area contributed by atoms with E-state index in [9.17, 15) is 4.79 Å². The van der Waals surface area contributed by atoms with E-state index in [-0.39, 0.29) is 11.0 Å². The predicted molar refractivity (Wildman–Crippen MR) is 130 cm³/mol. The average Bonchev–Trinajstić information content (AvgIpc) is 3.28. The number of thiocarbonyl (C=S) groups is 1. The summed E-state index contributed by atoms with van der Waals surface area (Å²) in [6.07, 6.45) is 6.71. The standard InChI is InChI=1S/C25H25N3O2S/c29-24(16-14-20-13-15-23(30-20)19-9-3-1-4-10-19)27-25(31)26-21-11-5-6-12-22(21)28-17-7-2-8-18-28/h1,3-6,9-16H,2,7-8,17-18H2,(H2,26,27,29,31)/b16-14+. The molecular weight excluding hydrogens is 406 g/mol. The molecule has 1 aliphatic heterocycles. The van der Waals surface area contributed by atoms with E-state index in [4.69, 9.17) is 16.6 Å². The van der Waals surface area contributed by atoms with Gasteiger partial charge in [-0.2, -0.15) is 0 Å². The Morgan fingerprint density at radius 1 is 0.935 bits per heavy atom. The second-order valence-corrected chi connectivity index (χ2v) is 7.82. The molecule has 0 unspecified atom stereocenters. The number of carbonyl (C=O) groups excluding carboxylic acids is 1. The number of benzene rings is 2. The van der Waals surface area contributed by atoms with Crippen LogP contribution < -0.4 is 15.5 Å². The van der Waals surface area contributed by atoms with E-state index in [1.54, 1.807) is 6.08 Å². The van der Waals surface area contributed by atoms with Crippen molar-refractivity contribution >= 4 is 40.7 Å². The minimum Gasteiger partial charge on any atom is -0.457 e. The maximum absolute atomic E-state index is 12.3. The Bertz CT molecular complexity index is 1070. The van der Waals surface area contributed by atoms with Crippen LogP contribution in [0.25, 0.3) is 17.4 Å². The number of carbonyl (C=O) groups is 1. The van der Waals surface area contributed by atoms with Gasteiger partial charge in [0.05, 0.1) is 11.4 Å². The third kappa shape index (κ3) is 5.61. The van der Waals surface area contributed by atoms with Crippen molar-refractivity contribution in [3.05, 3.63) is 78.6 Å². The van der Waals surface area contributed by atoms with E-state index in [0.29, 0.717) is 5.76 Å². The van der Waals surface area contributed by atoms with E-state index >= 15 is 0 Å². The normalized spacial score (nSPS) is 13.9. The van der Waals surface area contributed by atoms with Gasteiger partial charge in [0.1, 0.15) is 11.5 Å². The van der Waals surface area contributed by atoms with Gasteiger partial charge in [0.2, 0.25) is 5.91 Å². The second-order valence-electron chi connectivity index (χ2n) is 7.41. The summed E-state index contributed by atoms with van der Waals surface area (Å²) in [4.78, 5) is 14.7. The summed E-state index contributed by atoms with van der Waals surface area (Å²) in [7, 11) is 0. The fraction of sp³-hybridized carbons (Fsp3) is 0.200. The lowest BCUT2D eigenvalue weighted by atomic mass is 10.1. The Balaban J connectivity index is 1.34. The lowest BCUT2D eigenvalue weighted by Crippen LogP contribution is -2.34. The van der Waals surface area contributed by atoms with Crippen molar-refractivity contribution in [3.8, 4) is 11.3 Å². The first-order chi connectivity index (χ1) is 15.2. The van der Waals surface area contributed by atoms with Crippen LogP contribution in [0.5, 0.6) is 0 Å². The molecule has 158 valence electrons. The van der Waals surface area contributed by atoms with Crippen molar-refractivity contribution in [2.45, 2.75) is 19.3 Å². The molecule has 2 aromatic carbocycles. The quantitative estimate of drug-likeness (QED) is 0.415. The van der Waals surface area contributed by atoms with Gasteiger partial charge >= 0.3 is 0 Å². The molecule has 1 fully saturated rings. The van der Waals surface area contributed by atoms with Crippen LogP contribution in [0.15, 0.2) is 77.2 Å². The van der Waals surface area contributed by atoms with Gasteiger partial charge in [-0.05, 0) is 61.8 Å². The Morgan fingerprint density at radius 3 is 2.48 bits per heavy atom. The molecule has 5 nitrogen and oxygen atoms in total. The number of hydrogen-bond donors (Lipinski definition) is 2. The molecule has 0 spiro atoms. The van der Waals surface area contributed by atoms with Crippen LogP contribution in [0.2, 0.25) is 0 Å². The van der Waals surface area contributed by atoms with Crippen LogP contribution in [0, 0.1) is 0 Å². The minimum absolute atomic E-state index is 0.267. The zero-order valence-corrected chi connectivity index (χ0v) is 18.0. The lowest BCUT2D eigenvalue weighted by Gasteiger charge is -2.30. The maximum Gasteiger partial charge on any atom is 0.250 e. The third-order valence-corrected chi connectivity index (χ3v) is 5.37. The molecule has 0 bridgehead atoms. The van der Waals surface area contributed by atoms with Crippen LogP contribution in [-0.4, -0.2) is 24.1 Å². The van der Waals surface area contributed by atoms with Crippen LogP contribution in [0.4, 0.5) is 11.4 Å². The number of nitrogens with one attached hydrogen (secondary N) is 2. The number of nitrogens with zero attached hydrogens (tertiary/aromatic N) is 1. The fourth-order valence-electron chi connectivity index (χ4n) is 3.65. The number of anilines is 2. The SMILES string of the molecule is O=C(/C=C/c1ccc(-c2ccccc2)o1)NC(=S)Nc1ccccc1N1CCCCC1. The van der Waals surface area contributed by atoms with Crippen molar-refractivity contribution in [3.63, 3.8) is 0 Å². The largest absolute Gasteiger partial charge is 0.457 e. The van der Waals surface area contributed by atoms with Gasteiger partial charge in [0.25, 0.3) is 0 Å². The molecule has 1 aromatic heterocycles. The highest BCUT2D eigenvalue weighted by atomic mass is 32.1. The van der Waals surface area contributed by atoms with Crippen LogP contribution in [-0.2, 0) is 4.79 Å². The highest BCUT2D eigenvalue weighted by Gasteiger charge is 2.15. The average molecular weight is 432 g/mol. The maximum atomic E-state index is 12.3. The zero-order valence-electron chi connectivity index (χ0n) is 17.2. The summed E-state index contributed by atoms with van der Waals surface area (Å²) in [5.41, 5.74) is 3.00. The Morgan fingerprint density at radius 2 is 1.68 bits per heavy atom. The molecule has 4 rings (SSSR count). The van der Waals surface area contributed by atoms with Gasteiger partial charge in [-0.1, -0.05) is 42.5 Å². The summed E-state index contributed by atoms with van der Waals surface area (Å²) in [5.74, 6) is 1.04. The van der Waals surface area contributed by atoms with Gasteiger partial charge in [0, 0.05) is 24.7 Å². The number of rotatable bonds is 5. The molecule has 1 saturated heterocycles. The number of furan rings is 1. The highest BCUT2D eigenvalue weighted by molar-refractivity contribution is 7.80. The minimum atomic E-state index is -0.314. The Kier molecular flexibility index (Phi) is 6.79. The van der Waals surface area contributed by atoms with E-state index < -0.39 is 0 Å². The summed E-state index contributed by atoms with van der Waals surface area (Å²) in [6, 6.07) is 21.6. The summed E-state index contributed by atoms with van der Waals surface area (Å²) >= 11 is 5.35. The van der Waals surface area contributed by atoms with Gasteiger partial charge < -0.3 is 14.6 Å². The van der Waals surface area contributed by atoms with Gasteiger partial charge in [0.15, 0.2) is 5.11 Å². The van der Waals surface area contributed by atoms with E-state index in [1.807, 2.05) is 60.7 Å². The molecule has 31 heavy (non-hydrogen) atoms. The summed E-state index contributed by atoms with van der Waals surface area (Å²) in [5, 5.41) is 6.13. The number of amides is 1. The molecule has 2 N–H and O–H groups in total. The molecule has 1 amide bonds. The Hall–Kier alpha value is -3.38. The monoisotopic (exact) mass is 431 g/mol. The first-order valence-corrected chi connectivity index (χ1v) is 10.9. The highest BCUT2D eigenvalue weighted by Crippen LogP contribution is 2.28. The number of para-hydroxylation sites is 2. The summed E-state index contributed by atoms with van der Waals surface area (Å²) in [6.45, 7) is 2.07. The molecule has 3 aromatic rings. The predicted octanol–water partition coefficient (Wildman–Crippen LogP) is 5.46. The first-order valence-electron chi connectivity index (χ1n) is 10.5. The Labute approximate surface area is 187 Å². The second kappa shape index (κ2) is 10.1. The van der Waals surface area contributed by atoms with Gasteiger partial charge in [-0.3, -0.25) is 10.1 Å². The van der Waals surface area contributed by atoms with Gasteiger partial charge in [-0.15, -0.1) is 0 Å². The van der Waals surface area contributed by atoms with E-state index in [0.717, 1.165) is 35.8 Å². The van der Waals surface area contributed by atoms with E-state index in [2.05, 4.69) is 21.6 Å². The molecular formula is C25H25N3O2S. The molecule has 0 atom stereocenters. The van der Waals surface area contributed by atoms with Crippen LogP contribution >= 0.6 is 12.2 Å². The number of hydrogen-bond acceptors (Lipinski definition) is 4. The van der Waals surface area contributed by atoms with Crippen LogP contribution in [0.1, 0.15) is 25.0 Å². The smallest absolute Gasteiger partial charge is 0.250 e. The first kappa shape index (κ1) is 20.9. The fourth-order valence-corrected chi connectivity index (χ4v) is 3.87. The van der Waals surface area contributed by atoms with Crippen LogP contribution in [0.3, 0.4) is 0 Å². The molecule has 0 radical (unpaired) electrons. The topological polar surface area (TPSA) is 57.5 Å². The van der Waals surface area contributed by atoms with Crippen molar-refractivity contribution in [1.82, 2.24) is 5.32 Å². The van der Waals surface area contributed by atoms with Crippen molar-refractivity contribution < 1.29 is 9.21 Å². The molecule has 1 aliphatic rings. The van der Waals surface area contributed by atoms with Crippen molar-refractivity contribution in [2.24, 2.45) is 0 Å². The van der Waals surface area contributed by atoms with E-state index in [1.165, 1.54) is 25.3 Å². The molecule has 6 heteroatoms. The molecule has 0 aliphatic carbocycles. The lowest BCUT2D eigenvalue weighted by molar-refractivity contribution is -0.115. The molecule has 2 heterocycles. The number of piperidine rings is 1. The zero-order chi connectivity index (χ0) is 21.5. The van der Waals surface area contributed by atoms with Crippen molar-refractivity contribution in [2.75, 3.05) is 23.3 Å². The third-order valence-electron chi connectivity index (χ3n) is 5.17.